The van der Waals surface area contributed by atoms with E-state index in [1.165, 1.54) is 0 Å². The largest absolute Gasteiger partial charge is 0.444 e. The first kappa shape index (κ1) is 31.2. The van der Waals surface area contributed by atoms with Gasteiger partial charge < -0.3 is 20.3 Å². The summed E-state index contributed by atoms with van der Waals surface area (Å²) in [4.78, 5) is 42.2. The van der Waals surface area contributed by atoms with Crippen LogP contribution >= 0.6 is 11.8 Å². The van der Waals surface area contributed by atoms with Crippen molar-refractivity contribution in [2.45, 2.75) is 78.1 Å². The third-order valence-corrected chi connectivity index (χ3v) is 6.63. The summed E-state index contributed by atoms with van der Waals surface area (Å²) >= 11 is 1.59. The van der Waals surface area contributed by atoms with E-state index in [9.17, 15) is 14.4 Å². The molecule has 0 heterocycles. The van der Waals surface area contributed by atoms with Gasteiger partial charge in [0.1, 0.15) is 17.7 Å². The predicted octanol–water partition coefficient (Wildman–Crippen LogP) is 5.63. The molecule has 208 valence electrons. The van der Waals surface area contributed by atoms with Crippen LogP contribution in [0.4, 0.5) is 4.79 Å². The highest BCUT2D eigenvalue weighted by Crippen LogP contribution is 2.27. The van der Waals surface area contributed by atoms with Crippen LogP contribution in [-0.4, -0.2) is 53.0 Å². The third kappa shape index (κ3) is 10.0. The van der Waals surface area contributed by atoms with Gasteiger partial charge >= 0.3 is 6.09 Å². The molecule has 0 aliphatic carbocycles. The summed E-state index contributed by atoms with van der Waals surface area (Å²) in [5.41, 5.74) is 1.96. The van der Waals surface area contributed by atoms with Gasteiger partial charge in [0.25, 0.3) is 0 Å². The molecule has 0 fully saturated rings. The summed E-state index contributed by atoms with van der Waals surface area (Å²) in [6, 6.07) is 15.7. The molecule has 0 radical (unpaired) electrons. The van der Waals surface area contributed by atoms with Crippen molar-refractivity contribution in [2.75, 3.05) is 18.6 Å². The van der Waals surface area contributed by atoms with Crippen LogP contribution in [0.2, 0.25) is 0 Å². The molecule has 2 atom stereocenters. The standard InChI is InChI=1S/C30H43N3O4S/c1-7-8-19-33(28(35)25(18-20-38-6)32-29(36)37-30(3,4)5)26(24-17-13-12-14-22(24)2)27(34)31-21-23-15-10-9-11-16-23/h9-17,25-26H,7-8,18-21H2,1-6H3,(H,31,34)(H,32,36). The number of aryl methyl sites for hydroxylation is 1. The Morgan fingerprint density at radius 2 is 1.68 bits per heavy atom. The molecule has 0 aliphatic rings. The molecule has 0 saturated carbocycles. The zero-order valence-corrected chi connectivity index (χ0v) is 24.4. The minimum atomic E-state index is -0.837. The summed E-state index contributed by atoms with van der Waals surface area (Å²) < 4.78 is 5.45. The zero-order chi connectivity index (χ0) is 28.1. The van der Waals surface area contributed by atoms with Crippen LogP contribution in [0.25, 0.3) is 0 Å². The van der Waals surface area contributed by atoms with Crippen LogP contribution in [0.15, 0.2) is 54.6 Å². The number of alkyl carbamates (subject to hydrolysis) is 1. The van der Waals surface area contributed by atoms with E-state index in [0.717, 1.165) is 29.5 Å². The summed E-state index contributed by atoms with van der Waals surface area (Å²) in [6.45, 7) is 10.1. The summed E-state index contributed by atoms with van der Waals surface area (Å²) in [5.74, 6) is 0.123. The average molecular weight is 542 g/mol. The zero-order valence-electron chi connectivity index (χ0n) is 23.6. The summed E-state index contributed by atoms with van der Waals surface area (Å²) in [5, 5.41) is 5.83. The molecule has 0 saturated heterocycles. The lowest BCUT2D eigenvalue weighted by molar-refractivity contribution is -0.142. The number of amides is 3. The Balaban J connectivity index is 2.44. The van der Waals surface area contributed by atoms with Gasteiger partial charge in [-0.3, -0.25) is 9.59 Å². The fourth-order valence-corrected chi connectivity index (χ4v) is 4.54. The summed E-state index contributed by atoms with van der Waals surface area (Å²) in [6.07, 6.45) is 3.31. The Bertz CT molecular complexity index is 1040. The first-order valence-corrected chi connectivity index (χ1v) is 14.6. The van der Waals surface area contributed by atoms with Crippen LogP contribution in [0.3, 0.4) is 0 Å². The van der Waals surface area contributed by atoms with E-state index in [0.29, 0.717) is 25.3 Å². The van der Waals surface area contributed by atoms with E-state index >= 15 is 0 Å². The van der Waals surface area contributed by atoms with Gasteiger partial charge in [-0.15, -0.1) is 0 Å². The lowest BCUT2D eigenvalue weighted by Crippen LogP contribution is -2.53. The molecule has 8 heteroatoms. The molecule has 2 N–H and O–H groups in total. The molecule has 2 aromatic carbocycles. The van der Waals surface area contributed by atoms with Crippen molar-refractivity contribution >= 4 is 29.7 Å². The highest BCUT2D eigenvalue weighted by Gasteiger charge is 2.36. The maximum absolute atomic E-state index is 14.1. The van der Waals surface area contributed by atoms with Crippen molar-refractivity contribution in [1.29, 1.82) is 0 Å². The number of nitrogens with zero attached hydrogens (tertiary/aromatic N) is 1. The van der Waals surface area contributed by atoms with E-state index < -0.39 is 23.8 Å². The Hall–Kier alpha value is -3.00. The number of unbranched alkanes of at least 4 members (excludes halogenated alkanes) is 1. The molecule has 0 aromatic heterocycles. The van der Waals surface area contributed by atoms with Crippen molar-refractivity contribution in [3.8, 4) is 0 Å². The number of thioether (sulfide) groups is 1. The average Bonchev–Trinajstić information content (AvgIpc) is 2.87. The number of hydrogen-bond donors (Lipinski definition) is 2. The smallest absolute Gasteiger partial charge is 0.408 e. The first-order chi connectivity index (χ1) is 18.1. The van der Waals surface area contributed by atoms with Gasteiger partial charge in [0.05, 0.1) is 0 Å². The van der Waals surface area contributed by atoms with Crippen molar-refractivity contribution in [3.63, 3.8) is 0 Å². The van der Waals surface area contributed by atoms with Crippen molar-refractivity contribution in [1.82, 2.24) is 15.5 Å². The molecule has 7 nitrogen and oxygen atoms in total. The lowest BCUT2D eigenvalue weighted by atomic mass is 9.97. The molecular formula is C30H43N3O4S. The van der Waals surface area contributed by atoms with Crippen LogP contribution in [-0.2, 0) is 20.9 Å². The van der Waals surface area contributed by atoms with Crippen LogP contribution in [0.5, 0.6) is 0 Å². The maximum atomic E-state index is 14.1. The van der Waals surface area contributed by atoms with E-state index in [-0.39, 0.29) is 11.8 Å². The van der Waals surface area contributed by atoms with E-state index in [1.54, 1.807) is 37.4 Å². The predicted molar refractivity (Wildman–Crippen MR) is 155 cm³/mol. The second kappa shape index (κ2) is 15.4. The van der Waals surface area contributed by atoms with Crippen LogP contribution in [0.1, 0.15) is 69.7 Å². The monoisotopic (exact) mass is 541 g/mol. The Kier molecular flexibility index (Phi) is 12.7. The third-order valence-electron chi connectivity index (χ3n) is 5.99. The Morgan fingerprint density at radius 1 is 1.03 bits per heavy atom. The quantitative estimate of drug-likeness (QED) is 0.343. The van der Waals surface area contributed by atoms with Crippen LogP contribution < -0.4 is 10.6 Å². The summed E-state index contributed by atoms with van der Waals surface area (Å²) in [7, 11) is 0. The van der Waals surface area contributed by atoms with E-state index in [1.807, 2.05) is 74.7 Å². The Labute approximate surface area is 232 Å². The van der Waals surface area contributed by atoms with Crippen molar-refractivity contribution in [2.24, 2.45) is 0 Å². The number of carbonyl (C=O) groups excluding carboxylic acids is 3. The highest BCUT2D eigenvalue weighted by atomic mass is 32.2. The topological polar surface area (TPSA) is 87.7 Å². The SMILES string of the molecule is CCCCN(C(=O)C(CCSC)NC(=O)OC(C)(C)C)C(C(=O)NCc1ccccc1)c1ccccc1C. The molecule has 2 rings (SSSR count). The molecule has 2 aromatic rings. The van der Waals surface area contributed by atoms with Gasteiger partial charge in [-0.05, 0) is 69.2 Å². The fourth-order valence-electron chi connectivity index (χ4n) is 4.06. The van der Waals surface area contributed by atoms with Gasteiger partial charge in [-0.25, -0.2) is 4.79 Å². The molecule has 38 heavy (non-hydrogen) atoms. The number of ether oxygens (including phenoxy) is 1. The van der Waals surface area contributed by atoms with E-state index in [2.05, 4.69) is 10.6 Å². The number of rotatable bonds is 13. The minimum Gasteiger partial charge on any atom is -0.444 e. The first-order valence-electron chi connectivity index (χ1n) is 13.2. The number of carbonyl (C=O) groups is 3. The second-order valence-corrected chi connectivity index (χ2v) is 11.3. The van der Waals surface area contributed by atoms with Gasteiger partial charge in [0, 0.05) is 13.1 Å². The van der Waals surface area contributed by atoms with Gasteiger partial charge in [-0.1, -0.05) is 67.9 Å². The van der Waals surface area contributed by atoms with Gasteiger partial charge in [-0.2, -0.15) is 11.8 Å². The number of nitrogens with one attached hydrogen (secondary N) is 2. The van der Waals surface area contributed by atoms with Gasteiger partial charge in [0.2, 0.25) is 11.8 Å². The molecular weight excluding hydrogens is 498 g/mol. The lowest BCUT2D eigenvalue weighted by Gasteiger charge is -2.35. The van der Waals surface area contributed by atoms with Crippen molar-refractivity contribution in [3.05, 3.63) is 71.3 Å². The highest BCUT2D eigenvalue weighted by molar-refractivity contribution is 7.98. The maximum Gasteiger partial charge on any atom is 0.408 e. The number of benzene rings is 2. The van der Waals surface area contributed by atoms with Gasteiger partial charge in [0.15, 0.2) is 0 Å². The van der Waals surface area contributed by atoms with E-state index in [4.69, 9.17) is 4.74 Å². The molecule has 0 spiro atoms. The Morgan fingerprint density at radius 3 is 2.29 bits per heavy atom. The molecule has 0 aliphatic heterocycles. The fraction of sp³-hybridized carbons (Fsp3) is 0.500. The van der Waals surface area contributed by atoms with Crippen LogP contribution in [0, 0.1) is 6.92 Å². The number of hydrogen-bond acceptors (Lipinski definition) is 5. The minimum absolute atomic E-state index is 0.256. The van der Waals surface area contributed by atoms with Crippen molar-refractivity contribution < 1.29 is 19.1 Å². The second-order valence-electron chi connectivity index (χ2n) is 10.3. The molecule has 0 bridgehead atoms. The molecule has 2 unspecified atom stereocenters. The normalized spacial score (nSPS) is 12.8. The molecule has 3 amide bonds.